The highest BCUT2D eigenvalue weighted by atomic mass is 16.6. The van der Waals surface area contributed by atoms with E-state index in [9.17, 15) is 14.4 Å². The van der Waals surface area contributed by atoms with Gasteiger partial charge in [0.1, 0.15) is 19.0 Å². The summed E-state index contributed by atoms with van der Waals surface area (Å²) in [5.74, 6) is 1.59. The first-order chi connectivity index (χ1) is 15.4. The van der Waals surface area contributed by atoms with Crippen molar-refractivity contribution >= 4 is 23.5 Å². The van der Waals surface area contributed by atoms with E-state index >= 15 is 0 Å². The number of benzene rings is 1. The van der Waals surface area contributed by atoms with Crippen molar-refractivity contribution in [2.45, 2.75) is 19.9 Å². The molecule has 0 spiro atoms. The summed E-state index contributed by atoms with van der Waals surface area (Å²) in [6.07, 6.45) is 0. The van der Waals surface area contributed by atoms with Gasteiger partial charge >= 0.3 is 6.03 Å². The molecule has 0 radical (unpaired) electrons. The smallest absolute Gasteiger partial charge is 0.325 e. The van der Waals surface area contributed by atoms with Gasteiger partial charge in [-0.1, -0.05) is 0 Å². The van der Waals surface area contributed by atoms with Gasteiger partial charge in [0.2, 0.25) is 5.91 Å². The van der Waals surface area contributed by atoms with Crippen molar-refractivity contribution in [3.63, 3.8) is 0 Å². The first-order valence-corrected chi connectivity index (χ1v) is 10.5. The maximum atomic E-state index is 12.6. The molecule has 1 aromatic carbocycles. The number of anilines is 1. The van der Waals surface area contributed by atoms with Crippen molar-refractivity contribution in [1.29, 1.82) is 0 Å². The Bertz CT molecular complexity index is 1010. The molecule has 1 atom stereocenters. The van der Waals surface area contributed by atoms with Crippen molar-refractivity contribution in [2.24, 2.45) is 0 Å². The monoisotopic (exact) mass is 442 g/mol. The number of hydrogen-bond acceptors (Lipinski definition) is 7. The molecule has 2 aliphatic heterocycles. The zero-order valence-corrected chi connectivity index (χ0v) is 18.1. The minimum Gasteiger partial charge on any atom is -0.486 e. The quantitative estimate of drug-likeness (QED) is 0.743. The molecule has 1 saturated heterocycles. The van der Waals surface area contributed by atoms with Crippen LogP contribution in [0.1, 0.15) is 23.2 Å². The van der Waals surface area contributed by atoms with Crippen LogP contribution in [0.5, 0.6) is 11.5 Å². The van der Waals surface area contributed by atoms with E-state index in [4.69, 9.17) is 13.9 Å². The lowest BCUT2D eigenvalue weighted by molar-refractivity contribution is -0.125. The van der Waals surface area contributed by atoms with Crippen molar-refractivity contribution in [3.8, 4) is 11.5 Å². The molecule has 2 aliphatic rings. The molecule has 0 aliphatic carbocycles. The summed E-state index contributed by atoms with van der Waals surface area (Å²) in [7, 11) is 0. The lowest BCUT2D eigenvalue weighted by Gasteiger charge is -2.37. The molecule has 1 fully saturated rings. The third-order valence-corrected chi connectivity index (χ3v) is 5.52. The molecular formula is C22H26N4O6. The normalized spacial score (nSPS) is 16.9. The molecule has 2 N–H and O–H groups in total. The minimum absolute atomic E-state index is 0.159. The number of furan rings is 1. The maximum absolute atomic E-state index is 12.6. The molecule has 1 aromatic heterocycles. The third-order valence-electron chi connectivity index (χ3n) is 5.52. The third kappa shape index (κ3) is 4.86. The summed E-state index contributed by atoms with van der Waals surface area (Å²) in [6.45, 7) is 6.43. The molecule has 2 aromatic rings. The number of aryl methyl sites for hydroxylation is 1. The Hall–Kier alpha value is -3.53. The number of nitrogens with zero attached hydrogens (tertiary/aromatic N) is 2. The summed E-state index contributed by atoms with van der Waals surface area (Å²) in [5, 5.41) is 5.00. The van der Waals surface area contributed by atoms with Crippen LogP contribution in [0.3, 0.4) is 0 Å². The average molecular weight is 442 g/mol. The summed E-state index contributed by atoms with van der Waals surface area (Å²) < 4.78 is 16.4. The Morgan fingerprint density at radius 1 is 0.969 bits per heavy atom. The van der Waals surface area contributed by atoms with Crippen molar-refractivity contribution in [1.82, 2.24) is 15.1 Å². The number of fused-ring (bicyclic) bond motifs is 1. The van der Waals surface area contributed by atoms with E-state index in [1.54, 1.807) is 49.1 Å². The predicted octanol–water partition coefficient (Wildman–Crippen LogP) is 1.85. The van der Waals surface area contributed by atoms with Gasteiger partial charge < -0.3 is 24.1 Å². The van der Waals surface area contributed by atoms with Crippen LogP contribution < -0.4 is 20.1 Å². The molecule has 1 unspecified atom stereocenters. The van der Waals surface area contributed by atoms with Gasteiger partial charge in [-0.25, -0.2) is 4.79 Å². The number of carbonyl (C=O) groups excluding carboxylic acids is 3. The number of nitrogens with one attached hydrogen (secondary N) is 2. The zero-order valence-electron chi connectivity index (χ0n) is 18.1. The van der Waals surface area contributed by atoms with Gasteiger partial charge in [0, 0.05) is 37.9 Å². The number of hydrogen-bond donors (Lipinski definition) is 2. The van der Waals surface area contributed by atoms with E-state index in [0.717, 1.165) is 0 Å². The molecule has 0 saturated carbocycles. The molecule has 10 nitrogen and oxygen atoms in total. The first kappa shape index (κ1) is 21.7. The van der Waals surface area contributed by atoms with Gasteiger partial charge in [0.05, 0.1) is 6.04 Å². The lowest BCUT2D eigenvalue weighted by atomic mass is 10.2. The van der Waals surface area contributed by atoms with Gasteiger partial charge in [-0.2, -0.15) is 0 Å². The van der Waals surface area contributed by atoms with Gasteiger partial charge in [0.15, 0.2) is 17.3 Å². The predicted molar refractivity (Wildman–Crippen MR) is 115 cm³/mol. The minimum atomic E-state index is -0.625. The zero-order chi connectivity index (χ0) is 22.7. The number of piperazine rings is 1. The summed E-state index contributed by atoms with van der Waals surface area (Å²) in [5.41, 5.74) is 0.493. The van der Waals surface area contributed by atoms with Crippen LogP contribution in [0.4, 0.5) is 10.5 Å². The Morgan fingerprint density at radius 2 is 1.69 bits per heavy atom. The molecule has 0 bridgehead atoms. The van der Waals surface area contributed by atoms with Crippen LogP contribution in [0, 0.1) is 6.92 Å². The second kappa shape index (κ2) is 9.31. The topological polar surface area (TPSA) is 113 Å². The second-order valence-corrected chi connectivity index (χ2v) is 7.72. The summed E-state index contributed by atoms with van der Waals surface area (Å²) in [6, 6.07) is 7.31. The number of carbonyl (C=O) groups is 3. The molecule has 10 heteroatoms. The van der Waals surface area contributed by atoms with Gasteiger partial charge in [-0.3, -0.25) is 19.8 Å². The first-order valence-electron chi connectivity index (χ1n) is 10.5. The maximum Gasteiger partial charge on any atom is 0.325 e. The fourth-order valence-electron chi connectivity index (χ4n) is 3.68. The lowest BCUT2D eigenvalue weighted by Crippen LogP contribution is -2.55. The highest BCUT2D eigenvalue weighted by Crippen LogP contribution is 2.32. The highest BCUT2D eigenvalue weighted by molar-refractivity contribution is 6.02. The Balaban J connectivity index is 1.26. The Kier molecular flexibility index (Phi) is 6.31. The number of imide groups is 1. The van der Waals surface area contributed by atoms with Crippen molar-refractivity contribution < 1.29 is 28.3 Å². The molecule has 32 heavy (non-hydrogen) atoms. The number of urea groups is 1. The van der Waals surface area contributed by atoms with Crippen LogP contribution in [0.2, 0.25) is 0 Å². The van der Waals surface area contributed by atoms with Crippen LogP contribution >= 0.6 is 0 Å². The van der Waals surface area contributed by atoms with Crippen molar-refractivity contribution in [3.05, 3.63) is 41.9 Å². The van der Waals surface area contributed by atoms with E-state index in [-0.39, 0.29) is 5.91 Å². The molecule has 4 amide bonds. The SMILES string of the molecule is Cc1ccc(C(=O)N2CCN(C(C)C(=O)NC(=O)Nc3ccc4c(c3)OCCO4)CC2)o1. The van der Waals surface area contributed by atoms with E-state index in [1.165, 1.54) is 0 Å². The van der Waals surface area contributed by atoms with E-state index in [1.807, 2.05) is 4.90 Å². The van der Waals surface area contributed by atoms with Crippen LogP contribution in [-0.2, 0) is 4.79 Å². The number of amides is 4. The van der Waals surface area contributed by atoms with E-state index in [0.29, 0.717) is 68.1 Å². The second-order valence-electron chi connectivity index (χ2n) is 7.72. The van der Waals surface area contributed by atoms with Gasteiger partial charge in [-0.05, 0) is 38.1 Å². The van der Waals surface area contributed by atoms with Crippen LogP contribution in [0.25, 0.3) is 0 Å². The van der Waals surface area contributed by atoms with Gasteiger partial charge in [0.25, 0.3) is 5.91 Å². The summed E-state index contributed by atoms with van der Waals surface area (Å²) in [4.78, 5) is 41.0. The standard InChI is InChI=1S/C22H26N4O6/c1-14-3-5-18(32-14)21(28)26-9-7-25(8-10-26)15(2)20(27)24-22(29)23-16-4-6-17-19(13-16)31-12-11-30-17/h3-6,13,15H,7-12H2,1-2H3,(H2,23,24,27,29). The molecular weight excluding hydrogens is 416 g/mol. The largest absolute Gasteiger partial charge is 0.486 e. The van der Waals surface area contributed by atoms with E-state index in [2.05, 4.69) is 10.6 Å². The Labute approximate surface area is 185 Å². The van der Waals surface area contributed by atoms with Crippen LogP contribution in [-0.4, -0.2) is 73.1 Å². The molecule has 4 rings (SSSR count). The van der Waals surface area contributed by atoms with Crippen molar-refractivity contribution in [2.75, 3.05) is 44.7 Å². The Morgan fingerprint density at radius 3 is 2.38 bits per heavy atom. The fourth-order valence-corrected chi connectivity index (χ4v) is 3.68. The fraction of sp³-hybridized carbons (Fsp3) is 0.409. The molecule has 3 heterocycles. The van der Waals surface area contributed by atoms with Crippen LogP contribution in [0.15, 0.2) is 34.7 Å². The van der Waals surface area contributed by atoms with E-state index < -0.39 is 18.0 Å². The molecule has 170 valence electrons. The number of rotatable bonds is 4. The average Bonchev–Trinajstić information content (AvgIpc) is 3.24. The highest BCUT2D eigenvalue weighted by Gasteiger charge is 2.29. The van der Waals surface area contributed by atoms with Gasteiger partial charge in [-0.15, -0.1) is 0 Å². The summed E-state index contributed by atoms with van der Waals surface area (Å²) >= 11 is 0. The number of ether oxygens (including phenoxy) is 2.